The fraction of sp³-hybridized carbons (Fsp3) is 0.500. The Hall–Kier alpha value is -0.930. The lowest BCUT2D eigenvalue weighted by atomic mass is 9.88. The van der Waals surface area contributed by atoms with Crippen LogP contribution in [0.2, 0.25) is 0 Å². The van der Waals surface area contributed by atoms with Crippen LogP contribution < -0.4 is 5.73 Å². The van der Waals surface area contributed by atoms with Crippen molar-refractivity contribution in [3.05, 3.63) is 35.1 Å². The number of fused-ring (bicyclic) bond motifs is 1. The second-order valence-electron chi connectivity index (χ2n) is 4.24. The number of benzene rings is 1. The summed E-state index contributed by atoms with van der Waals surface area (Å²) in [5, 5.41) is 10.3. The van der Waals surface area contributed by atoms with Gasteiger partial charge < -0.3 is 10.8 Å². The second kappa shape index (κ2) is 3.91. The molecule has 0 saturated heterocycles. The molecule has 0 heterocycles. The van der Waals surface area contributed by atoms with Crippen molar-refractivity contribution in [1.29, 1.82) is 0 Å². The van der Waals surface area contributed by atoms with Crippen LogP contribution in [-0.4, -0.2) is 11.7 Å². The largest absolute Gasteiger partial charge is 0.384 e. The number of hydrogen-bond donors (Lipinski definition) is 2. The van der Waals surface area contributed by atoms with Crippen LogP contribution in [0.15, 0.2) is 18.2 Å². The van der Waals surface area contributed by atoms with Crippen molar-refractivity contribution in [2.24, 2.45) is 5.73 Å². The molecule has 2 nitrogen and oxygen atoms in total. The molecular formula is C12H16FNO. The third-order valence-electron chi connectivity index (χ3n) is 3.20. The predicted molar refractivity (Wildman–Crippen MR) is 56.9 cm³/mol. The summed E-state index contributed by atoms with van der Waals surface area (Å²) >= 11 is 0. The smallest absolute Gasteiger partial charge is 0.123 e. The highest BCUT2D eigenvalue weighted by atomic mass is 19.1. The number of aliphatic hydroxyl groups is 1. The van der Waals surface area contributed by atoms with Crippen LogP contribution in [-0.2, 0) is 12.0 Å². The van der Waals surface area contributed by atoms with Crippen molar-refractivity contribution in [3.63, 3.8) is 0 Å². The Morgan fingerprint density at radius 2 is 2.20 bits per heavy atom. The molecule has 0 saturated carbocycles. The molecule has 3 N–H and O–H groups in total. The standard InChI is InChI=1S/C12H16FNO/c13-10-5-4-9-3-1-2-6-12(15,8-14)11(9)7-10/h4-5,7,15H,1-3,6,8,14H2. The zero-order chi connectivity index (χ0) is 10.9. The molecule has 0 fully saturated rings. The van der Waals surface area contributed by atoms with E-state index in [-0.39, 0.29) is 12.4 Å². The van der Waals surface area contributed by atoms with E-state index in [0.29, 0.717) is 12.0 Å². The highest BCUT2D eigenvalue weighted by Gasteiger charge is 2.31. The highest BCUT2D eigenvalue weighted by molar-refractivity contribution is 5.34. The third kappa shape index (κ3) is 1.90. The topological polar surface area (TPSA) is 46.2 Å². The maximum Gasteiger partial charge on any atom is 0.123 e. The zero-order valence-corrected chi connectivity index (χ0v) is 8.67. The molecule has 0 radical (unpaired) electrons. The van der Waals surface area contributed by atoms with E-state index in [1.54, 1.807) is 6.07 Å². The molecule has 1 atom stereocenters. The summed E-state index contributed by atoms with van der Waals surface area (Å²) < 4.78 is 13.2. The average Bonchev–Trinajstić information content (AvgIpc) is 2.40. The monoisotopic (exact) mass is 209 g/mol. The quantitative estimate of drug-likeness (QED) is 0.691. The molecule has 3 heteroatoms. The average molecular weight is 209 g/mol. The van der Waals surface area contributed by atoms with Crippen molar-refractivity contribution in [1.82, 2.24) is 0 Å². The first kappa shape index (κ1) is 10.6. The van der Waals surface area contributed by atoms with Crippen LogP contribution in [0.3, 0.4) is 0 Å². The van der Waals surface area contributed by atoms with Crippen molar-refractivity contribution < 1.29 is 9.50 Å². The van der Waals surface area contributed by atoms with E-state index in [2.05, 4.69) is 0 Å². The van der Waals surface area contributed by atoms with Gasteiger partial charge in [0, 0.05) is 6.54 Å². The van der Waals surface area contributed by atoms with Crippen molar-refractivity contribution in [3.8, 4) is 0 Å². The summed E-state index contributed by atoms with van der Waals surface area (Å²) in [4.78, 5) is 0. The Labute approximate surface area is 88.9 Å². The first-order chi connectivity index (χ1) is 7.15. The van der Waals surface area contributed by atoms with Crippen molar-refractivity contribution >= 4 is 0 Å². The highest BCUT2D eigenvalue weighted by Crippen LogP contribution is 2.33. The van der Waals surface area contributed by atoms with Gasteiger partial charge in [-0.3, -0.25) is 0 Å². The molecule has 2 rings (SSSR count). The van der Waals surface area contributed by atoms with Gasteiger partial charge in [-0.2, -0.15) is 0 Å². The van der Waals surface area contributed by atoms with Gasteiger partial charge >= 0.3 is 0 Å². The number of rotatable bonds is 1. The van der Waals surface area contributed by atoms with Gasteiger partial charge in [0.15, 0.2) is 0 Å². The summed E-state index contributed by atoms with van der Waals surface area (Å²) in [6.45, 7) is 0.156. The molecule has 0 bridgehead atoms. The van der Waals surface area contributed by atoms with Gasteiger partial charge in [-0.15, -0.1) is 0 Å². The third-order valence-corrected chi connectivity index (χ3v) is 3.20. The van der Waals surface area contributed by atoms with Crippen molar-refractivity contribution in [2.75, 3.05) is 6.54 Å². The van der Waals surface area contributed by atoms with E-state index in [9.17, 15) is 9.50 Å². The van der Waals surface area contributed by atoms with Gasteiger partial charge in [0.25, 0.3) is 0 Å². The molecule has 1 aromatic rings. The normalized spacial score (nSPS) is 25.8. The number of aryl methyl sites for hydroxylation is 1. The maximum atomic E-state index is 13.2. The second-order valence-corrected chi connectivity index (χ2v) is 4.24. The minimum Gasteiger partial charge on any atom is -0.384 e. The first-order valence-electron chi connectivity index (χ1n) is 5.37. The molecule has 1 unspecified atom stereocenters. The molecule has 1 aliphatic carbocycles. The van der Waals surface area contributed by atoms with Gasteiger partial charge in [-0.1, -0.05) is 6.07 Å². The fourth-order valence-corrected chi connectivity index (χ4v) is 2.28. The van der Waals surface area contributed by atoms with Crippen LogP contribution in [0.1, 0.15) is 30.4 Å². The van der Waals surface area contributed by atoms with Gasteiger partial charge in [-0.25, -0.2) is 4.39 Å². The lowest BCUT2D eigenvalue weighted by molar-refractivity contribution is 0.0359. The van der Waals surface area contributed by atoms with Crippen LogP contribution >= 0.6 is 0 Å². The number of nitrogens with two attached hydrogens (primary N) is 1. The molecule has 0 amide bonds. The van der Waals surface area contributed by atoms with Crippen LogP contribution in [0.25, 0.3) is 0 Å². The van der Waals surface area contributed by atoms with E-state index in [0.717, 1.165) is 24.8 Å². The Morgan fingerprint density at radius 1 is 1.40 bits per heavy atom. The van der Waals surface area contributed by atoms with E-state index in [4.69, 9.17) is 5.73 Å². The lowest BCUT2D eigenvalue weighted by Gasteiger charge is -2.27. The molecule has 0 spiro atoms. The Kier molecular flexibility index (Phi) is 2.76. The Bertz CT molecular complexity index is 367. The fourth-order valence-electron chi connectivity index (χ4n) is 2.28. The van der Waals surface area contributed by atoms with Crippen LogP contribution in [0.5, 0.6) is 0 Å². The van der Waals surface area contributed by atoms with E-state index in [1.807, 2.05) is 0 Å². The first-order valence-corrected chi connectivity index (χ1v) is 5.37. The molecule has 1 aliphatic rings. The Balaban J connectivity index is 2.52. The summed E-state index contributed by atoms with van der Waals surface area (Å²) in [5.41, 5.74) is 6.28. The summed E-state index contributed by atoms with van der Waals surface area (Å²) in [5.74, 6) is -0.303. The van der Waals surface area contributed by atoms with Crippen LogP contribution in [0, 0.1) is 5.82 Å². The molecule has 82 valence electrons. The Morgan fingerprint density at radius 3 is 2.93 bits per heavy atom. The minimum atomic E-state index is -1.03. The number of halogens is 1. The van der Waals surface area contributed by atoms with E-state index in [1.165, 1.54) is 12.1 Å². The predicted octanol–water partition coefficient (Wildman–Crippen LogP) is 1.70. The zero-order valence-electron chi connectivity index (χ0n) is 8.67. The summed E-state index contributed by atoms with van der Waals surface area (Å²) in [7, 11) is 0. The van der Waals surface area contributed by atoms with E-state index >= 15 is 0 Å². The molecule has 0 aliphatic heterocycles. The van der Waals surface area contributed by atoms with E-state index < -0.39 is 5.60 Å². The molecule has 15 heavy (non-hydrogen) atoms. The van der Waals surface area contributed by atoms with Gasteiger partial charge in [0.2, 0.25) is 0 Å². The van der Waals surface area contributed by atoms with Gasteiger partial charge in [0.05, 0.1) is 0 Å². The lowest BCUT2D eigenvalue weighted by Crippen LogP contribution is -2.35. The minimum absolute atomic E-state index is 0.156. The molecule has 1 aromatic carbocycles. The van der Waals surface area contributed by atoms with Gasteiger partial charge in [0.1, 0.15) is 11.4 Å². The van der Waals surface area contributed by atoms with Gasteiger partial charge in [-0.05, 0) is 48.9 Å². The molecular weight excluding hydrogens is 193 g/mol. The summed E-state index contributed by atoms with van der Waals surface area (Å²) in [6.07, 6.45) is 3.49. The summed E-state index contributed by atoms with van der Waals surface area (Å²) in [6, 6.07) is 4.63. The van der Waals surface area contributed by atoms with Crippen molar-refractivity contribution in [2.45, 2.75) is 31.3 Å². The molecule has 0 aromatic heterocycles. The SMILES string of the molecule is NCC1(O)CCCCc2ccc(F)cc21. The van der Waals surface area contributed by atoms with Crippen LogP contribution in [0.4, 0.5) is 4.39 Å². The number of hydrogen-bond acceptors (Lipinski definition) is 2. The maximum absolute atomic E-state index is 13.2.